The summed E-state index contributed by atoms with van der Waals surface area (Å²) in [7, 11) is 0. The summed E-state index contributed by atoms with van der Waals surface area (Å²) in [6, 6.07) is 52.5. The van der Waals surface area contributed by atoms with Crippen molar-refractivity contribution < 1.29 is 30.2 Å². The van der Waals surface area contributed by atoms with Crippen LogP contribution in [-0.2, 0) is 0 Å². The fraction of sp³-hybridized carbons (Fsp3) is 0. The zero-order valence-electron chi connectivity index (χ0n) is 77.1. The Morgan fingerprint density at radius 2 is 0.638 bits per heavy atom. The van der Waals surface area contributed by atoms with E-state index >= 15 is 0 Å². The maximum atomic E-state index is 12.0. The van der Waals surface area contributed by atoms with Crippen molar-refractivity contribution in [3.8, 4) is 56.4 Å². The summed E-state index contributed by atoms with van der Waals surface area (Å²) in [5.74, 6) is -0.122. The van der Waals surface area contributed by atoms with Crippen molar-refractivity contribution >= 4 is 164 Å². The number of benzene rings is 16. The summed E-state index contributed by atoms with van der Waals surface area (Å²) in [4.78, 5) is 10.5. The Morgan fingerprint density at radius 3 is 1.08 bits per heavy atom. The topological polar surface area (TPSA) is 45.5 Å². The second kappa shape index (κ2) is 22.3. The van der Waals surface area contributed by atoms with E-state index in [-0.39, 0.29) is 127 Å². The normalized spacial score (nSPS) is 15.3. The first-order valence-corrected chi connectivity index (χ1v) is 34.5. The van der Waals surface area contributed by atoms with Gasteiger partial charge in [0.1, 0.15) is 0 Å². The number of rotatable bonds is 5. The number of aromatic nitrogens is 6. The van der Waals surface area contributed by atoms with Gasteiger partial charge in [-0.3, -0.25) is 0 Å². The Morgan fingerprint density at radius 1 is 0.276 bits per heavy atom. The van der Waals surface area contributed by atoms with Crippen LogP contribution in [0.2, 0.25) is 0 Å². The van der Waals surface area contributed by atoms with Gasteiger partial charge in [-0.25, -0.2) is 9.97 Å². The molecule has 0 fully saturated rings. The first-order valence-electron chi connectivity index (χ1n) is 45.5. The van der Waals surface area contributed by atoms with Crippen LogP contribution in [-0.4, -0.2) is 34.9 Å². The van der Waals surface area contributed by atoms with Gasteiger partial charge in [-0.05, 0) is 125 Å². The highest BCUT2D eigenvalue weighted by atomic mass is 15.1. The minimum atomic E-state index is -1.80. The second-order valence-electron chi connectivity index (χ2n) is 26.4. The van der Waals surface area contributed by atoms with Crippen LogP contribution in [0.3, 0.4) is 0 Å². The molecular weight excluding hydrogens is 1270 g/mol. The Balaban J connectivity index is 1.11. The van der Waals surface area contributed by atoms with E-state index in [9.17, 15) is 30.2 Å². The van der Waals surface area contributed by atoms with Gasteiger partial charge in [-0.15, -0.1) is 0 Å². The maximum absolute atomic E-state index is 12.0. The highest BCUT2D eigenvalue weighted by Gasteiger charge is 2.42. The van der Waals surface area contributed by atoms with E-state index in [1.54, 1.807) is 42.6 Å². The molecule has 21 aromatic rings. The molecule has 6 nitrogen and oxygen atoms in total. The van der Waals surface area contributed by atoms with Crippen LogP contribution in [0.4, 0.5) is 0 Å². The molecule has 105 heavy (non-hydrogen) atoms. The Bertz CT molecular complexity index is 8330. The molecule has 0 aliphatic carbocycles. The van der Waals surface area contributed by atoms with Crippen molar-refractivity contribution in [2.75, 3.05) is 0 Å². The van der Waals surface area contributed by atoms with Gasteiger partial charge >= 0.3 is 0 Å². The molecule has 23 rings (SSSR count). The van der Waals surface area contributed by atoms with Crippen molar-refractivity contribution in [2.45, 2.75) is 0 Å². The number of nitrogens with zero attached hydrogens (tertiary/aromatic N) is 6. The predicted octanol–water partition coefficient (Wildman–Crippen LogP) is 23.0. The van der Waals surface area contributed by atoms with Crippen molar-refractivity contribution in [3.63, 3.8) is 0 Å². The van der Waals surface area contributed by atoms with E-state index in [1.165, 1.54) is 9.13 Å². The second-order valence-corrected chi connectivity index (χ2v) is 26.4. The molecule has 0 unspecified atom stereocenters. The van der Waals surface area contributed by atoms with Gasteiger partial charge in [0.15, 0.2) is 5.82 Å². The molecule has 0 bridgehead atoms. The van der Waals surface area contributed by atoms with Crippen molar-refractivity contribution in [2.24, 2.45) is 0 Å². The lowest BCUT2D eigenvalue weighted by molar-refractivity contribution is 1.12. The smallest absolute Gasteiger partial charge is 0.252 e. The van der Waals surface area contributed by atoms with E-state index in [2.05, 4.69) is 0 Å². The van der Waals surface area contributed by atoms with Crippen LogP contribution in [0.5, 0.6) is 0 Å². The molecule has 0 spiro atoms. The van der Waals surface area contributed by atoms with Crippen molar-refractivity contribution in [1.82, 2.24) is 28.2 Å². The standard InChI is InChI=1S/C98H59BN6/c1-3-27-60(28-4-1)64-44-25-46-78-70-36-10-8-32-66(70)68-34-12-14-42-76(68)91-87(102-83-49-21-16-38-72(83)73-39-17-22-50-84(73)102)55-53-80-96(91)104(94(64)78)89-57-63(98-100-59-62-31-7-20-48-82(62)101-98)58-90-93(89)99(80)81-54-56-88(103-85-51-23-18-40-74(85)75-41-19-24-52-86(75)103)92-77-43-15-13-35-69(77)67-33-9-11-37-71(67)79-47-26-45-65(61-29-5-2-6-30-61)95(79)105(90)97(81)92/h1-59H/i16D,17D,18D,19D,21D,22D,23D,24D,38D,39D,40D,41D,49D,50D,51D,52D,53D,54D,55D,56D,57D,58D. The molecule has 2 aliphatic heterocycles. The van der Waals surface area contributed by atoms with Gasteiger partial charge in [0.25, 0.3) is 6.71 Å². The van der Waals surface area contributed by atoms with Crippen LogP contribution in [0.15, 0.2) is 358 Å². The Labute approximate surface area is 634 Å². The fourth-order valence-electron chi connectivity index (χ4n) is 16.9. The number of hydrogen-bond acceptors (Lipinski definition) is 2. The number of fused-ring (bicyclic) bond motifs is 25. The van der Waals surface area contributed by atoms with Crippen LogP contribution in [0.25, 0.3) is 198 Å². The minimum Gasteiger partial charge on any atom is -0.309 e. The molecular formula is C98H59BN6. The first kappa shape index (κ1) is 40.5. The molecule has 16 aromatic carbocycles. The average molecular weight is 1350 g/mol. The van der Waals surface area contributed by atoms with Gasteiger partial charge < -0.3 is 18.3 Å². The van der Waals surface area contributed by atoms with E-state index in [0.717, 1.165) is 0 Å². The molecule has 0 amide bonds. The maximum Gasteiger partial charge on any atom is 0.252 e. The summed E-state index contributed by atoms with van der Waals surface area (Å²) >= 11 is 0. The van der Waals surface area contributed by atoms with E-state index in [1.807, 2.05) is 191 Å². The summed E-state index contributed by atoms with van der Waals surface area (Å²) in [5.41, 5.74) is 0.667. The van der Waals surface area contributed by atoms with E-state index in [4.69, 9.17) is 9.97 Å². The van der Waals surface area contributed by atoms with Gasteiger partial charge in [0, 0.05) is 82.7 Å². The third-order valence-electron chi connectivity index (χ3n) is 21.2. The summed E-state index contributed by atoms with van der Waals surface area (Å²) in [5, 5.41) is 4.20. The molecule has 0 N–H and O–H groups in total. The molecule has 7 heterocycles. The van der Waals surface area contributed by atoms with E-state index in [0.29, 0.717) is 87.3 Å². The van der Waals surface area contributed by atoms with Gasteiger partial charge in [-0.1, -0.05) is 297 Å². The van der Waals surface area contributed by atoms with Crippen LogP contribution < -0.4 is 16.4 Å². The minimum absolute atomic E-state index is 0.0109. The molecule has 2 aliphatic rings. The zero-order chi connectivity index (χ0) is 87.7. The quantitative estimate of drug-likeness (QED) is 0.161. The van der Waals surface area contributed by atoms with Crippen LogP contribution in [0, 0.1) is 0 Å². The highest BCUT2D eigenvalue weighted by molar-refractivity contribution is 7.00. The fourth-order valence-corrected chi connectivity index (χ4v) is 16.9. The predicted molar refractivity (Wildman–Crippen MR) is 443 cm³/mol. The summed E-state index contributed by atoms with van der Waals surface area (Å²) < 4.78 is 233. The van der Waals surface area contributed by atoms with Crippen molar-refractivity contribution in [3.05, 3.63) is 358 Å². The SMILES string of the molecule is [2H]c1c(-c2ncc3ccccc3n2)c([2H])c2c3c1-n1c4c(-c5ccccc5)cccc4c4ccccc4c4ccccc4c4c(-n5c6c([2H])c([2H])c([2H])c([2H])c6c6c([2H])c([2H])c([2H])c([2H])c65)c([2H])c([2H])c(c41)B3c1c([2H])c([2H])c(-n3c4c([2H])c([2H])c([2H])c([2H])c4c4c([2H])c([2H])c([2H])c([2H])c43)c3c4ccccc4c4ccccc4c4cccc(-c5ccccc5)c4n-2c13. The summed E-state index contributed by atoms with van der Waals surface area (Å²) in [6.07, 6.45) is 1.60. The third-order valence-corrected chi connectivity index (χ3v) is 21.2. The summed E-state index contributed by atoms with van der Waals surface area (Å²) in [6.45, 7) is -1.80. The monoisotopic (exact) mass is 1350 g/mol. The first-order chi connectivity index (χ1) is 61.3. The van der Waals surface area contributed by atoms with Crippen LogP contribution >= 0.6 is 0 Å². The zero-order valence-corrected chi connectivity index (χ0v) is 55.1. The molecule has 0 saturated heterocycles. The molecule has 0 radical (unpaired) electrons. The highest BCUT2D eigenvalue weighted by Crippen LogP contribution is 2.48. The lowest BCUT2D eigenvalue weighted by Crippen LogP contribution is -2.60. The molecule has 484 valence electrons. The Kier molecular flexibility index (Phi) is 8.61. The van der Waals surface area contributed by atoms with Gasteiger partial charge in [0.05, 0.1) is 91.2 Å². The Hall–Kier alpha value is -13.9. The lowest BCUT2D eigenvalue weighted by atomic mass is 9.34. The average Bonchev–Trinajstić information content (AvgIpc) is 1.60. The lowest BCUT2D eigenvalue weighted by Gasteiger charge is -2.37. The molecule has 0 saturated carbocycles. The largest absolute Gasteiger partial charge is 0.309 e. The molecule has 0 atom stereocenters. The third kappa shape index (κ3) is 8.20. The van der Waals surface area contributed by atoms with Crippen molar-refractivity contribution in [1.29, 1.82) is 0 Å². The van der Waals surface area contributed by atoms with Gasteiger partial charge in [-0.2, -0.15) is 0 Å². The number of para-hydroxylation sites is 7. The van der Waals surface area contributed by atoms with Crippen LogP contribution in [0.1, 0.15) is 30.2 Å². The molecule has 5 aromatic heterocycles. The molecule has 7 heteroatoms. The number of hydrogen-bond donors (Lipinski definition) is 0. The van der Waals surface area contributed by atoms with E-state index < -0.39 is 140 Å². The van der Waals surface area contributed by atoms with Gasteiger partial charge in [0.2, 0.25) is 0 Å².